The molecule has 0 fully saturated rings. The highest BCUT2D eigenvalue weighted by atomic mass is 32.2. The first kappa shape index (κ1) is 43.6. The summed E-state index contributed by atoms with van der Waals surface area (Å²) in [6.45, 7) is 0. The first-order valence-electron chi connectivity index (χ1n) is 19.6. The van der Waals surface area contributed by atoms with Gasteiger partial charge in [-0.1, -0.05) is 121 Å². The minimum absolute atomic E-state index is 0.286. The summed E-state index contributed by atoms with van der Waals surface area (Å²) in [6.07, 6.45) is 15.3. The monoisotopic (exact) mass is 834 g/mol. The smallest absolute Gasteiger partial charge is 0.158 e. The van der Waals surface area contributed by atoms with Gasteiger partial charge < -0.3 is 28.4 Å². The third-order valence-corrected chi connectivity index (χ3v) is 11.6. The van der Waals surface area contributed by atoms with E-state index in [9.17, 15) is 8.42 Å². The first-order chi connectivity index (χ1) is 29.7. The van der Waals surface area contributed by atoms with Crippen LogP contribution in [0.5, 0.6) is 34.5 Å². The molecule has 9 heteroatoms. The predicted molar refractivity (Wildman–Crippen MR) is 250 cm³/mol. The zero-order valence-corrected chi connectivity index (χ0v) is 36.1. The van der Waals surface area contributed by atoms with Gasteiger partial charge in [0.05, 0.1) is 54.2 Å². The topological polar surface area (TPSA) is 89.5 Å². The summed E-state index contributed by atoms with van der Waals surface area (Å²) in [5, 5.41) is 0. The Morgan fingerprint density at radius 3 is 0.803 bits per heavy atom. The fourth-order valence-electron chi connectivity index (χ4n) is 6.97. The van der Waals surface area contributed by atoms with Crippen LogP contribution in [0.25, 0.3) is 48.6 Å². The molecule has 0 amide bonds. The van der Waals surface area contributed by atoms with Crippen molar-refractivity contribution in [1.29, 1.82) is 0 Å². The van der Waals surface area contributed by atoms with Crippen LogP contribution in [0.3, 0.4) is 0 Å². The van der Waals surface area contributed by atoms with Crippen molar-refractivity contribution in [3.63, 3.8) is 0 Å². The highest BCUT2D eigenvalue weighted by Crippen LogP contribution is 2.34. The Balaban J connectivity index is 1.51. The third-order valence-electron chi connectivity index (χ3n) is 10.1. The summed E-state index contributed by atoms with van der Waals surface area (Å²) in [4.78, 5) is 0. The molecule has 61 heavy (non-hydrogen) atoms. The van der Waals surface area contributed by atoms with Crippen molar-refractivity contribution in [2.24, 2.45) is 0 Å². The van der Waals surface area contributed by atoms with Gasteiger partial charge in [0.2, 0.25) is 0 Å². The number of para-hydroxylation sites is 4. The van der Waals surface area contributed by atoms with Gasteiger partial charge in [0.15, 0.2) is 9.84 Å². The Hall–Kier alpha value is -6.97. The van der Waals surface area contributed by atoms with E-state index >= 15 is 0 Å². The van der Waals surface area contributed by atoms with Gasteiger partial charge in [-0.25, -0.2) is 8.42 Å². The van der Waals surface area contributed by atoms with Crippen LogP contribution in [0.15, 0.2) is 121 Å². The van der Waals surface area contributed by atoms with Crippen LogP contribution in [-0.2, 0) is 21.3 Å². The molecular formula is C52H50O8S. The maximum absolute atomic E-state index is 14.9. The van der Waals surface area contributed by atoms with Gasteiger partial charge in [-0.2, -0.15) is 0 Å². The van der Waals surface area contributed by atoms with E-state index in [2.05, 4.69) is 0 Å². The standard InChI is InChI=1S/C52H50O8S/c1-55-45-31-41(27-23-37-15-7-11-19-49(37)57-3)47(42(32-45)28-24-38-16-8-12-20-50(38)58-4)35-61(53,54)36-48-43(29-25-39-17-9-13-21-51(39)59-5)33-46(56-2)34-44(48)30-26-40-18-10-14-22-52(40)60-6/h7-34H,35-36H2,1-6H3/b27-23+,28-24+,29-25+,30-26+. The van der Waals surface area contributed by atoms with E-state index in [-0.39, 0.29) is 11.5 Å². The Morgan fingerprint density at radius 1 is 0.344 bits per heavy atom. The Kier molecular flexibility index (Phi) is 14.9. The molecule has 0 heterocycles. The number of ether oxygens (including phenoxy) is 6. The second-order valence-corrected chi connectivity index (χ2v) is 16.0. The minimum Gasteiger partial charge on any atom is -0.497 e. The van der Waals surface area contributed by atoms with E-state index in [0.717, 1.165) is 22.3 Å². The molecule has 0 unspecified atom stereocenters. The molecular weight excluding hydrogens is 785 g/mol. The molecule has 0 saturated carbocycles. The lowest BCUT2D eigenvalue weighted by molar-refractivity contribution is 0.413. The van der Waals surface area contributed by atoms with Crippen LogP contribution < -0.4 is 28.4 Å². The van der Waals surface area contributed by atoms with Crippen molar-refractivity contribution >= 4 is 58.4 Å². The number of benzene rings is 6. The Bertz CT molecular complexity index is 2360. The normalized spacial score (nSPS) is 11.8. The second kappa shape index (κ2) is 20.8. The van der Waals surface area contributed by atoms with Crippen LogP contribution >= 0.6 is 0 Å². The van der Waals surface area contributed by atoms with Crippen LogP contribution in [0.4, 0.5) is 0 Å². The summed E-state index contributed by atoms with van der Waals surface area (Å²) in [7, 11) is 5.76. The zero-order valence-electron chi connectivity index (χ0n) is 35.3. The van der Waals surface area contributed by atoms with E-state index in [1.807, 2.05) is 170 Å². The van der Waals surface area contributed by atoms with Crippen LogP contribution in [0.2, 0.25) is 0 Å². The quantitative estimate of drug-likeness (QED) is 0.0791. The van der Waals surface area contributed by atoms with Crippen molar-refractivity contribution in [3.05, 3.63) is 177 Å². The van der Waals surface area contributed by atoms with Gasteiger partial charge in [0.25, 0.3) is 0 Å². The van der Waals surface area contributed by atoms with Crippen LogP contribution in [-0.4, -0.2) is 51.1 Å². The average Bonchev–Trinajstić information content (AvgIpc) is 3.29. The summed E-state index contributed by atoms with van der Waals surface area (Å²) in [5.41, 5.74) is 7.26. The summed E-state index contributed by atoms with van der Waals surface area (Å²) >= 11 is 0. The molecule has 8 nitrogen and oxygen atoms in total. The molecule has 0 bridgehead atoms. The van der Waals surface area contributed by atoms with Gasteiger partial charge >= 0.3 is 0 Å². The van der Waals surface area contributed by atoms with Crippen molar-refractivity contribution in [2.75, 3.05) is 42.7 Å². The summed E-state index contributed by atoms with van der Waals surface area (Å²) in [6, 6.07) is 38.0. The van der Waals surface area contributed by atoms with E-state index in [1.165, 1.54) is 0 Å². The predicted octanol–water partition coefficient (Wildman–Crippen LogP) is 11.5. The van der Waals surface area contributed by atoms with E-state index in [4.69, 9.17) is 28.4 Å². The number of hydrogen-bond donors (Lipinski definition) is 0. The SMILES string of the molecule is COc1cc(/C=C/c2ccccc2OC)c(CS(=O)(=O)Cc2c(/C=C/c3ccccc3OC)cc(OC)cc2/C=C/c2ccccc2OC)c(/C=C/c2ccccc2OC)c1. The van der Waals surface area contributed by atoms with Crippen molar-refractivity contribution in [3.8, 4) is 34.5 Å². The molecule has 6 rings (SSSR count). The second-order valence-electron chi connectivity index (χ2n) is 13.9. The minimum atomic E-state index is -3.92. The molecule has 0 atom stereocenters. The molecule has 0 aliphatic carbocycles. The summed E-state index contributed by atoms with van der Waals surface area (Å²) < 4.78 is 63.9. The molecule has 0 saturated heterocycles. The molecule has 6 aromatic rings. The molecule has 0 spiro atoms. The van der Waals surface area contributed by atoms with Crippen LogP contribution in [0.1, 0.15) is 55.6 Å². The van der Waals surface area contributed by atoms with Gasteiger partial charge in [0.1, 0.15) is 34.5 Å². The maximum atomic E-state index is 14.9. The molecule has 0 aliphatic heterocycles. The number of rotatable bonds is 18. The lowest BCUT2D eigenvalue weighted by Crippen LogP contribution is -2.12. The molecule has 312 valence electrons. The van der Waals surface area contributed by atoms with Gasteiger partial charge in [0, 0.05) is 22.3 Å². The van der Waals surface area contributed by atoms with E-state index in [0.29, 0.717) is 67.9 Å². The highest BCUT2D eigenvalue weighted by molar-refractivity contribution is 7.89. The summed E-state index contributed by atoms with van der Waals surface area (Å²) in [5.74, 6) is 3.33. The van der Waals surface area contributed by atoms with Gasteiger partial charge in [-0.3, -0.25) is 0 Å². The fraction of sp³-hybridized carbons (Fsp3) is 0.154. The third kappa shape index (κ3) is 11.2. The van der Waals surface area contributed by atoms with E-state index < -0.39 is 9.84 Å². The molecule has 0 aromatic heterocycles. The largest absolute Gasteiger partial charge is 0.497 e. The number of methoxy groups -OCH3 is 6. The van der Waals surface area contributed by atoms with Crippen LogP contribution in [0, 0.1) is 0 Å². The molecule has 0 aliphatic rings. The molecule has 0 N–H and O–H groups in total. The first-order valence-corrected chi connectivity index (χ1v) is 21.4. The fourth-order valence-corrected chi connectivity index (χ4v) is 8.62. The van der Waals surface area contributed by atoms with Crippen molar-refractivity contribution in [1.82, 2.24) is 0 Å². The molecule has 6 aromatic carbocycles. The number of hydrogen-bond acceptors (Lipinski definition) is 8. The van der Waals surface area contributed by atoms with Crippen molar-refractivity contribution in [2.45, 2.75) is 11.5 Å². The average molecular weight is 835 g/mol. The van der Waals surface area contributed by atoms with Gasteiger partial charge in [-0.05, 0) is 81.9 Å². The number of sulfone groups is 1. The maximum Gasteiger partial charge on any atom is 0.158 e. The van der Waals surface area contributed by atoms with E-state index in [1.54, 1.807) is 42.7 Å². The lowest BCUT2D eigenvalue weighted by atomic mass is 9.99. The zero-order chi connectivity index (χ0) is 43.2. The highest BCUT2D eigenvalue weighted by Gasteiger charge is 2.22. The van der Waals surface area contributed by atoms with Crippen molar-refractivity contribution < 1.29 is 36.8 Å². The Morgan fingerprint density at radius 2 is 0.574 bits per heavy atom. The lowest BCUT2D eigenvalue weighted by Gasteiger charge is -2.17. The Labute approximate surface area is 359 Å². The van der Waals surface area contributed by atoms with Gasteiger partial charge in [-0.15, -0.1) is 0 Å². The molecule has 0 radical (unpaired) electrons.